The van der Waals surface area contributed by atoms with Crippen LogP contribution in [-0.4, -0.2) is 70.1 Å². The predicted octanol–water partition coefficient (Wildman–Crippen LogP) is 3.06. The summed E-state index contributed by atoms with van der Waals surface area (Å²) in [5.74, 6) is -2.15. The van der Waals surface area contributed by atoms with Crippen molar-refractivity contribution in [2.75, 3.05) is 31.2 Å². The molecule has 0 radical (unpaired) electrons. The molecule has 9 heteroatoms. The van der Waals surface area contributed by atoms with Gasteiger partial charge in [-0.15, -0.1) is 24.9 Å². The maximum atomic E-state index is 14.1. The van der Waals surface area contributed by atoms with Crippen molar-refractivity contribution < 1.29 is 24.2 Å². The Balaban J connectivity index is 1.70. The molecule has 1 N–H and O–H groups in total. The van der Waals surface area contributed by atoms with Crippen molar-refractivity contribution in [2.45, 2.75) is 35.3 Å². The Morgan fingerprint density at radius 1 is 1.29 bits per heavy atom. The third kappa shape index (κ3) is 4.06. The molecule has 1 spiro atoms. The second-order valence-corrected chi connectivity index (χ2v) is 10.8. The number of aliphatic hydroxyl groups is 1. The van der Waals surface area contributed by atoms with Gasteiger partial charge in [-0.1, -0.05) is 23.8 Å². The number of carbonyl (C=O) groups excluding carboxylic acids is 3. The zero-order valence-electron chi connectivity index (χ0n) is 18.9. The molecule has 3 aliphatic heterocycles. The minimum atomic E-state index is -0.797. The Morgan fingerprint density at radius 3 is 2.68 bits per heavy atom. The summed E-state index contributed by atoms with van der Waals surface area (Å²) >= 11 is 7.61. The van der Waals surface area contributed by atoms with Crippen LogP contribution >= 0.6 is 23.4 Å². The molecule has 0 aromatic heterocycles. The van der Waals surface area contributed by atoms with Gasteiger partial charge in [0, 0.05) is 29.0 Å². The predicted molar refractivity (Wildman–Crippen MR) is 133 cm³/mol. The van der Waals surface area contributed by atoms with E-state index in [1.54, 1.807) is 53.1 Å². The lowest BCUT2D eigenvalue weighted by atomic mass is 9.71. The molecule has 1 aromatic rings. The van der Waals surface area contributed by atoms with Crippen molar-refractivity contribution in [3.05, 3.63) is 54.6 Å². The summed E-state index contributed by atoms with van der Waals surface area (Å²) in [7, 11) is 0. The van der Waals surface area contributed by atoms with Gasteiger partial charge in [0.1, 0.15) is 6.04 Å². The lowest BCUT2D eigenvalue weighted by Gasteiger charge is -2.37. The highest BCUT2D eigenvalue weighted by molar-refractivity contribution is 8.02. The Kier molecular flexibility index (Phi) is 7.40. The summed E-state index contributed by atoms with van der Waals surface area (Å²) < 4.78 is 4.73. The highest BCUT2D eigenvalue weighted by atomic mass is 35.5. The van der Waals surface area contributed by atoms with Gasteiger partial charge in [-0.25, -0.2) is 0 Å². The van der Waals surface area contributed by atoms with Gasteiger partial charge in [0.25, 0.3) is 5.91 Å². The number of thioether (sulfide) groups is 1. The molecule has 7 nitrogen and oxygen atoms in total. The molecule has 0 aliphatic carbocycles. The molecule has 3 fully saturated rings. The normalized spacial score (nSPS) is 29.1. The van der Waals surface area contributed by atoms with Crippen LogP contribution < -0.4 is 4.90 Å². The molecular weight excluding hydrogens is 476 g/mol. The fraction of sp³-hybridized carbons (Fsp3) is 0.480. The van der Waals surface area contributed by atoms with Crippen LogP contribution in [-0.2, 0) is 19.1 Å². The molecular formula is C25H29ClN2O5S. The van der Waals surface area contributed by atoms with Crippen molar-refractivity contribution >= 4 is 46.8 Å². The third-order valence-corrected chi connectivity index (χ3v) is 9.13. The molecule has 3 saturated heterocycles. The number of amides is 2. The average Bonchev–Trinajstić information content (AvgIpc) is 3.46. The summed E-state index contributed by atoms with van der Waals surface area (Å²) in [6, 6.07) is 6.12. The molecule has 5 atom stereocenters. The molecule has 2 bridgehead atoms. The molecule has 182 valence electrons. The number of fused-ring (bicyclic) bond motifs is 1. The first-order valence-electron chi connectivity index (χ1n) is 11.4. The van der Waals surface area contributed by atoms with Crippen molar-refractivity contribution in [3.63, 3.8) is 0 Å². The Morgan fingerprint density at radius 2 is 2.03 bits per heavy atom. The van der Waals surface area contributed by atoms with E-state index in [2.05, 4.69) is 13.2 Å². The number of hydrogen-bond donors (Lipinski definition) is 1. The van der Waals surface area contributed by atoms with Crippen LogP contribution in [0.4, 0.5) is 5.69 Å². The van der Waals surface area contributed by atoms with Crippen molar-refractivity contribution in [1.29, 1.82) is 0 Å². The highest BCUT2D eigenvalue weighted by Crippen LogP contribution is 2.66. The van der Waals surface area contributed by atoms with Crippen LogP contribution in [0.5, 0.6) is 0 Å². The molecule has 0 saturated carbocycles. The van der Waals surface area contributed by atoms with E-state index in [4.69, 9.17) is 16.3 Å². The minimum Gasteiger partial charge on any atom is -0.465 e. The number of carbonyl (C=O) groups is 3. The van der Waals surface area contributed by atoms with Crippen LogP contribution in [0.15, 0.2) is 49.6 Å². The SMILES string of the molecule is C=CCCOC(=O)[C@@H]1[C@H]2C(=O)N(CCO)C(C(=O)N(CC=C)c3ccc(Cl)cc3)C23CC[C@H]1S3. The van der Waals surface area contributed by atoms with Crippen molar-refractivity contribution in [1.82, 2.24) is 4.90 Å². The van der Waals surface area contributed by atoms with E-state index < -0.39 is 28.6 Å². The Labute approximate surface area is 208 Å². The highest BCUT2D eigenvalue weighted by Gasteiger charge is 2.74. The first-order valence-corrected chi connectivity index (χ1v) is 12.7. The number of nitrogens with zero attached hydrogens (tertiary/aromatic N) is 2. The van der Waals surface area contributed by atoms with Gasteiger partial charge in [0.15, 0.2) is 0 Å². The smallest absolute Gasteiger partial charge is 0.310 e. The zero-order chi connectivity index (χ0) is 24.5. The molecule has 3 heterocycles. The van der Waals surface area contributed by atoms with Gasteiger partial charge in [-0.2, -0.15) is 0 Å². The topological polar surface area (TPSA) is 87.1 Å². The summed E-state index contributed by atoms with van der Waals surface area (Å²) in [5.41, 5.74) is 0.642. The van der Waals surface area contributed by atoms with E-state index in [1.807, 2.05) is 0 Å². The van der Waals surface area contributed by atoms with E-state index in [1.165, 1.54) is 4.90 Å². The summed E-state index contributed by atoms with van der Waals surface area (Å²) in [6.07, 6.45) is 5.22. The van der Waals surface area contributed by atoms with E-state index in [9.17, 15) is 19.5 Å². The minimum absolute atomic E-state index is 0.0273. The largest absolute Gasteiger partial charge is 0.465 e. The van der Waals surface area contributed by atoms with E-state index >= 15 is 0 Å². The lowest BCUT2D eigenvalue weighted by molar-refractivity contribution is -0.154. The standard InChI is InChI=1S/C25H29ClN2O5S/c1-3-5-15-33-24(32)19-18-10-11-25(34-18)20(19)22(30)28(13-14-29)21(25)23(31)27(12-4-2)17-8-6-16(26)7-9-17/h3-4,6-9,18-21,29H,1-2,5,10-15H2/t18-,19+,20+,21?,25?/m1/s1. The zero-order valence-corrected chi connectivity index (χ0v) is 20.5. The third-order valence-electron chi connectivity index (χ3n) is 6.93. The number of likely N-dealkylation sites (tertiary alicyclic amines) is 1. The van der Waals surface area contributed by atoms with Gasteiger partial charge in [-0.05, 0) is 43.5 Å². The van der Waals surface area contributed by atoms with E-state index in [-0.39, 0.29) is 43.4 Å². The van der Waals surface area contributed by atoms with Crippen LogP contribution in [0.1, 0.15) is 19.3 Å². The molecule has 34 heavy (non-hydrogen) atoms. The van der Waals surface area contributed by atoms with Gasteiger partial charge in [-0.3, -0.25) is 14.4 Å². The summed E-state index contributed by atoms with van der Waals surface area (Å²) in [4.78, 5) is 43.8. The van der Waals surface area contributed by atoms with Gasteiger partial charge in [0.05, 0.1) is 29.8 Å². The molecule has 4 rings (SSSR count). The van der Waals surface area contributed by atoms with Gasteiger partial charge < -0.3 is 19.6 Å². The van der Waals surface area contributed by atoms with Crippen LogP contribution in [0, 0.1) is 11.8 Å². The monoisotopic (exact) mass is 504 g/mol. The number of β-amino-alcohol motifs (C(OH)–C–C–N with tert-alkyl or cyclic N) is 1. The van der Waals surface area contributed by atoms with Gasteiger partial charge >= 0.3 is 5.97 Å². The van der Waals surface area contributed by atoms with Crippen LogP contribution in [0.3, 0.4) is 0 Å². The molecule has 2 amide bonds. The fourth-order valence-corrected chi connectivity index (χ4v) is 7.93. The average molecular weight is 505 g/mol. The maximum absolute atomic E-state index is 14.1. The number of halogens is 1. The number of rotatable bonds is 10. The van der Waals surface area contributed by atoms with E-state index in [0.717, 1.165) is 6.42 Å². The first-order chi connectivity index (χ1) is 16.4. The number of hydrogen-bond acceptors (Lipinski definition) is 6. The molecule has 2 unspecified atom stereocenters. The van der Waals surface area contributed by atoms with Crippen molar-refractivity contribution in [3.8, 4) is 0 Å². The summed E-state index contributed by atoms with van der Waals surface area (Å²) in [6.45, 7) is 7.66. The quantitative estimate of drug-likeness (QED) is 0.299. The van der Waals surface area contributed by atoms with E-state index in [0.29, 0.717) is 23.6 Å². The Hall–Kier alpha value is -2.29. The number of benzene rings is 1. The van der Waals surface area contributed by atoms with Crippen LogP contribution in [0.25, 0.3) is 0 Å². The second kappa shape index (κ2) is 10.1. The second-order valence-electron chi connectivity index (χ2n) is 8.77. The fourth-order valence-electron chi connectivity index (χ4n) is 5.61. The van der Waals surface area contributed by atoms with Crippen LogP contribution in [0.2, 0.25) is 5.02 Å². The number of ether oxygens (including phenoxy) is 1. The number of anilines is 1. The summed E-state index contributed by atoms with van der Waals surface area (Å²) in [5, 5.41) is 10.2. The lowest BCUT2D eigenvalue weighted by Crippen LogP contribution is -2.55. The van der Waals surface area contributed by atoms with Gasteiger partial charge in [0.2, 0.25) is 5.91 Å². The first kappa shape index (κ1) is 24.8. The molecule has 1 aromatic carbocycles. The number of aliphatic hydroxyl groups excluding tert-OH is 1. The molecule has 3 aliphatic rings. The maximum Gasteiger partial charge on any atom is 0.310 e. The Bertz CT molecular complexity index is 986. The van der Waals surface area contributed by atoms with Crippen molar-refractivity contribution in [2.24, 2.45) is 11.8 Å². The number of esters is 1.